The van der Waals surface area contributed by atoms with E-state index < -0.39 is 16.8 Å². The van der Waals surface area contributed by atoms with Crippen molar-refractivity contribution in [3.8, 4) is 5.75 Å². The third-order valence-electron chi connectivity index (χ3n) is 9.26. The van der Waals surface area contributed by atoms with E-state index in [1.54, 1.807) is 54.2 Å². The van der Waals surface area contributed by atoms with E-state index in [2.05, 4.69) is 31.4 Å². The first-order valence-electron chi connectivity index (χ1n) is 19.0. The van der Waals surface area contributed by atoms with Crippen LogP contribution in [-0.2, 0) is 27.3 Å². The van der Waals surface area contributed by atoms with Gasteiger partial charge in [0.2, 0.25) is 17.7 Å². The molecule has 0 saturated carbocycles. The second-order valence-electron chi connectivity index (χ2n) is 17.1. The SMILES string of the molecule is CN(CCOc1ccc(C(=O)CNCc2ccc(F)c(C=O)c2)cc1)C(=O)CC(C)(C)CC(=O)N(C)CCc1ccc(NC(=O)C[C@](C)(N)CC(C)(C)C)cc1. The predicted octanol–water partition coefficient (Wildman–Crippen LogP) is 6.44. The Hall–Kier alpha value is -4.94. The van der Waals surface area contributed by atoms with Crippen LogP contribution in [-0.4, -0.2) is 85.5 Å². The van der Waals surface area contributed by atoms with E-state index in [1.165, 1.54) is 12.1 Å². The van der Waals surface area contributed by atoms with E-state index in [9.17, 15) is 28.4 Å². The van der Waals surface area contributed by atoms with Crippen molar-refractivity contribution < 1.29 is 33.1 Å². The first-order chi connectivity index (χ1) is 26.1. The maximum Gasteiger partial charge on any atom is 0.226 e. The van der Waals surface area contributed by atoms with Crippen LogP contribution in [0.1, 0.15) is 99.1 Å². The number of nitrogens with one attached hydrogen (secondary N) is 2. The molecule has 4 N–H and O–H groups in total. The molecule has 56 heavy (non-hydrogen) atoms. The van der Waals surface area contributed by atoms with Crippen LogP contribution in [0.3, 0.4) is 0 Å². The maximum absolute atomic E-state index is 13.5. The van der Waals surface area contributed by atoms with Gasteiger partial charge in [-0.3, -0.25) is 24.0 Å². The summed E-state index contributed by atoms with van der Waals surface area (Å²) in [6, 6.07) is 18.5. The van der Waals surface area contributed by atoms with Gasteiger partial charge in [0.05, 0.1) is 18.7 Å². The molecule has 0 unspecified atom stereocenters. The van der Waals surface area contributed by atoms with E-state index in [0.717, 1.165) is 12.0 Å². The largest absolute Gasteiger partial charge is 0.492 e. The molecule has 3 rings (SSSR count). The number of hydrogen-bond donors (Lipinski definition) is 3. The summed E-state index contributed by atoms with van der Waals surface area (Å²) in [7, 11) is 3.47. The van der Waals surface area contributed by atoms with E-state index in [0.29, 0.717) is 54.9 Å². The van der Waals surface area contributed by atoms with Crippen molar-refractivity contribution in [3.63, 3.8) is 0 Å². The van der Waals surface area contributed by atoms with Crippen molar-refractivity contribution in [1.29, 1.82) is 0 Å². The standard InChI is InChI=1S/C44H60FN5O6/c1-42(2,3)30-44(6,46)24-39(53)48-35-14-9-31(10-15-35)19-20-49(7)40(54)25-43(4,5)26-41(55)50(8)21-22-56-36-16-12-33(13-17-36)38(52)28-47-27-32-11-18-37(45)34(23-32)29-51/h9-18,23,29,47H,19-22,24-28,30,46H2,1-8H3,(H,48,53)/t44-/m0/s1. The van der Waals surface area contributed by atoms with Crippen LogP contribution in [0.25, 0.3) is 0 Å². The number of rotatable bonds is 21. The molecule has 0 aromatic heterocycles. The van der Waals surface area contributed by atoms with E-state index >= 15 is 0 Å². The Morgan fingerprint density at radius 3 is 1.98 bits per heavy atom. The molecule has 0 spiro atoms. The average Bonchev–Trinajstić information content (AvgIpc) is 3.10. The first kappa shape index (κ1) is 45.4. The topological polar surface area (TPSA) is 151 Å². The summed E-state index contributed by atoms with van der Waals surface area (Å²) in [5.74, 6) is -0.429. The molecule has 0 radical (unpaired) electrons. The Labute approximate surface area is 331 Å². The summed E-state index contributed by atoms with van der Waals surface area (Å²) < 4.78 is 19.3. The number of aldehydes is 1. The lowest BCUT2D eigenvalue weighted by molar-refractivity contribution is -0.135. The van der Waals surface area contributed by atoms with Gasteiger partial charge in [-0.2, -0.15) is 0 Å². The Balaban J connectivity index is 1.35. The van der Waals surface area contributed by atoms with Crippen molar-refractivity contribution in [2.45, 2.75) is 85.7 Å². The third-order valence-corrected chi connectivity index (χ3v) is 9.26. The lowest BCUT2D eigenvalue weighted by Crippen LogP contribution is -2.43. The minimum Gasteiger partial charge on any atom is -0.492 e. The lowest BCUT2D eigenvalue weighted by Gasteiger charge is -2.31. The third kappa shape index (κ3) is 16.0. The van der Waals surface area contributed by atoms with Gasteiger partial charge in [-0.1, -0.05) is 52.8 Å². The number of nitrogens with two attached hydrogens (primary N) is 1. The molecule has 304 valence electrons. The van der Waals surface area contributed by atoms with Gasteiger partial charge >= 0.3 is 0 Å². The van der Waals surface area contributed by atoms with Gasteiger partial charge in [0.25, 0.3) is 0 Å². The molecule has 0 aliphatic carbocycles. The normalized spacial score (nSPS) is 12.7. The number of Topliss-reactive ketones (excluding diaryl/α,β-unsaturated/α-hetero) is 1. The number of benzene rings is 3. The number of anilines is 1. The zero-order chi connectivity index (χ0) is 41.7. The summed E-state index contributed by atoms with van der Waals surface area (Å²) in [5.41, 5.74) is 8.13. The molecular weight excluding hydrogens is 714 g/mol. The summed E-state index contributed by atoms with van der Waals surface area (Å²) >= 11 is 0. The highest BCUT2D eigenvalue weighted by Gasteiger charge is 2.29. The number of halogens is 1. The fourth-order valence-corrected chi connectivity index (χ4v) is 6.55. The van der Waals surface area contributed by atoms with Crippen LogP contribution >= 0.6 is 0 Å². The van der Waals surface area contributed by atoms with E-state index in [4.69, 9.17) is 10.5 Å². The minimum atomic E-state index is -0.602. The van der Waals surface area contributed by atoms with Crippen LogP contribution in [0.15, 0.2) is 66.7 Å². The Kier molecular flexibility index (Phi) is 16.5. The highest BCUT2D eigenvalue weighted by Crippen LogP contribution is 2.29. The maximum atomic E-state index is 13.5. The smallest absolute Gasteiger partial charge is 0.226 e. The predicted molar refractivity (Wildman–Crippen MR) is 218 cm³/mol. The van der Waals surface area contributed by atoms with Crippen LogP contribution in [0, 0.1) is 16.6 Å². The molecule has 3 aromatic rings. The van der Waals surface area contributed by atoms with E-state index in [1.807, 2.05) is 45.0 Å². The monoisotopic (exact) mass is 773 g/mol. The van der Waals surface area contributed by atoms with Crippen molar-refractivity contribution in [3.05, 3.63) is 94.8 Å². The zero-order valence-electron chi connectivity index (χ0n) is 34.3. The Morgan fingerprint density at radius 1 is 0.804 bits per heavy atom. The number of likely N-dealkylation sites (N-methyl/N-ethyl adjacent to an activating group) is 2. The summed E-state index contributed by atoms with van der Waals surface area (Å²) in [6.07, 6.45) is 2.46. The van der Waals surface area contributed by atoms with Crippen molar-refractivity contribution in [1.82, 2.24) is 15.1 Å². The van der Waals surface area contributed by atoms with E-state index in [-0.39, 0.29) is 66.9 Å². The number of ketones is 1. The van der Waals surface area contributed by atoms with Crippen LogP contribution in [0.5, 0.6) is 5.75 Å². The van der Waals surface area contributed by atoms with Gasteiger partial charge in [-0.25, -0.2) is 4.39 Å². The zero-order valence-corrected chi connectivity index (χ0v) is 34.3. The molecule has 0 aliphatic heterocycles. The second-order valence-corrected chi connectivity index (χ2v) is 17.1. The molecule has 0 heterocycles. The van der Waals surface area contributed by atoms with Crippen molar-refractivity contribution in [2.75, 3.05) is 45.7 Å². The number of carbonyl (C=O) groups is 5. The fourth-order valence-electron chi connectivity index (χ4n) is 6.55. The highest BCUT2D eigenvalue weighted by molar-refractivity contribution is 5.97. The minimum absolute atomic E-state index is 0.0204. The van der Waals surface area contributed by atoms with Gasteiger partial charge < -0.3 is 30.9 Å². The van der Waals surface area contributed by atoms with Crippen LogP contribution < -0.4 is 21.1 Å². The average molecular weight is 774 g/mol. The number of amides is 3. The van der Waals surface area contributed by atoms with Gasteiger partial charge in [0, 0.05) is 63.2 Å². The number of nitrogens with zero attached hydrogens (tertiary/aromatic N) is 2. The molecule has 0 saturated heterocycles. The molecular formula is C44H60FN5O6. The Bertz CT molecular complexity index is 1800. The fraction of sp³-hybridized carbons (Fsp3) is 0.477. The number of hydrogen-bond acceptors (Lipinski definition) is 8. The lowest BCUT2D eigenvalue weighted by atomic mass is 9.79. The Morgan fingerprint density at radius 2 is 1.39 bits per heavy atom. The molecule has 3 aromatic carbocycles. The molecule has 3 amide bonds. The summed E-state index contributed by atoms with van der Waals surface area (Å²) in [6.45, 7) is 13.5. The van der Waals surface area contributed by atoms with Crippen molar-refractivity contribution in [2.24, 2.45) is 16.6 Å². The molecule has 0 aliphatic rings. The first-order valence-corrected chi connectivity index (χ1v) is 19.0. The van der Waals surface area contributed by atoms with Gasteiger partial charge in [0.15, 0.2) is 12.1 Å². The number of ether oxygens (including phenoxy) is 1. The van der Waals surface area contributed by atoms with Gasteiger partial charge in [-0.15, -0.1) is 0 Å². The molecule has 0 fully saturated rings. The van der Waals surface area contributed by atoms with Crippen LogP contribution in [0.4, 0.5) is 10.1 Å². The van der Waals surface area contributed by atoms with Crippen LogP contribution in [0.2, 0.25) is 0 Å². The molecule has 0 bridgehead atoms. The second kappa shape index (κ2) is 20.3. The quantitative estimate of drug-likeness (QED) is 0.0828. The number of carbonyl (C=O) groups excluding carboxylic acids is 5. The molecule has 11 nitrogen and oxygen atoms in total. The molecule has 1 atom stereocenters. The van der Waals surface area contributed by atoms with Crippen molar-refractivity contribution >= 4 is 35.5 Å². The molecule has 12 heteroatoms. The summed E-state index contributed by atoms with van der Waals surface area (Å²) in [5, 5.41) is 5.94. The summed E-state index contributed by atoms with van der Waals surface area (Å²) in [4.78, 5) is 65.6. The van der Waals surface area contributed by atoms with Gasteiger partial charge in [0.1, 0.15) is 18.2 Å². The highest BCUT2D eigenvalue weighted by atomic mass is 19.1. The van der Waals surface area contributed by atoms with Gasteiger partial charge in [-0.05, 0) is 90.3 Å².